The topological polar surface area (TPSA) is 86.8 Å². The van der Waals surface area contributed by atoms with Gasteiger partial charge in [-0.1, -0.05) is 32.0 Å². The summed E-state index contributed by atoms with van der Waals surface area (Å²) in [6, 6.07) is 8.19. The van der Waals surface area contributed by atoms with Crippen LogP contribution in [0.5, 0.6) is 0 Å². The van der Waals surface area contributed by atoms with E-state index >= 15 is 0 Å². The van der Waals surface area contributed by atoms with Crippen molar-refractivity contribution in [1.82, 2.24) is 13.9 Å². The molecule has 0 radical (unpaired) electrons. The van der Waals surface area contributed by atoms with Crippen LogP contribution in [0.15, 0.2) is 35.2 Å². The predicted octanol–water partition coefficient (Wildman–Crippen LogP) is 0.958. The van der Waals surface area contributed by atoms with Gasteiger partial charge in [0.05, 0.1) is 10.6 Å². The van der Waals surface area contributed by atoms with E-state index in [9.17, 15) is 16.8 Å². The van der Waals surface area contributed by atoms with E-state index in [1.165, 1.54) is 8.61 Å². The molecule has 9 heteroatoms. The summed E-state index contributed by atoms with van der Waals surface area (Å²) < 4.78 is 53.8. The van der Waals surface area contributed by atoms with Gasteiger partial charge >= 0.3 is 0 Å². The van der Waals surface area contributed by atoms with Crippen molar-refractivity contribution in [1.29, 1.82) is 0 Å². The normalized spacial score (nSPS) is 17.1. The van der Waals surface area contributed by atoms with Crippen molar-refractivity contribution < 1.29 is 16.8 Å². The molecule has 26 heavy (non-hydrogen) atoms. The Bertz CT molecular complexity index is 758. The first-order valence-electron chi connectivity index (χ1n) is 8.97. The Hall–Kier alpha value is -1.00. The molecule has 1 aromatic rings. The van der Waals surface area contributed by atoms with Crippen LogP contribution in [-0.4, -0.2) is 70.5 Å². The quantitative estimate of drug-likeness (QED) is 0.664. The lowest BCUT2D eigenvalue weighted by Gasteiger charge is -2.28. The van der Waals surface area contributed by atoms with Crippen molar-refractivity contribution in [3.05, 3.63) is 30.3 Å². The van der Waals surface area contributed by atoms with Crippen molar-refractivity contribution in [3.8, 4) is 0 Å². The highest BCUT2D eigenvalue weighted by atomic mass is 32.2. The zero-order chi connectivity index (χ0) is 19.2. The third-order valence-corrected chi connectivity index (χ3v) is 8.17. The lowest BCUT2D eigenvalue weighted by molar-refractivity contribution is 0.353. The van der Waals surface area contributed by atoms with E-state index in [1.54, 1.807) is 30.3 Å². The van der Waals surface area contributed by atoms with Crippen molar-refractivity contribution >= 4 is 20.0 Å². The molecule has 0 amide bonds. The zero-order valence-electron chi connectivity index (χ0n) is 15.5. The number of piperazine rings is 1. The first kappa shape index (κ1) is 21.3. The molecule has 1 heterocycles. The van der Waals surface area contributed by atoms with Gasteiger partial charge in [-0.3, -0.25) is 0 Å². The Kier molecular flexibility index (Phi) is 7.60. The average Bonchev–Trinajstić information content (AvgIpc) is 2.62. The van der Waals surface area contributed by atoms with Crippen LogP contribution >= 0.6 is 0 Å². The molecule has 0 bridgehead atoms. The highest BCUT2D eigenvalue weighted by Gasteiger charge is 2.29. The molecule has 148 valence electrons. The molecule has 1 fully saturated rings. The third-order valence-electron chi connectivity index (χ3n) is 4.40. The molecule has 0 saturated carbocycles. The number of hydrogen-bond acceptors (Lipinski definition) is 5. The molecule has 0 atom stereocenters. The van der Waals surface area contributed by atoms with Crippen LogP contribution in [0, 0.1) is 5.92 Å². The van der Waals surface area contributed by atoms with Crippen LogP contribution in [0.4, 0.5) is 0 Å². The second-order valence-corrected chi connectivity index (χ2v) is 10.9. The van der Waals surface area contributed by atoms with Gasteiger partial charge in [-0.15, -0.1) is 0 Å². The lowest BCUT2D eigenvalue weighted by Crippen LogP contribution is -2.48. The summed E-state index contributed by atoms with van der Waals surface area (Å²) in [6.07, 6.45) is 0.680. The minimum Gasteiger partial charge on any atom is -0.314 e. The number of sulfonamides is 2. The van der Waals surface area contributed by atoms with Gasteiger partial charge in [-0.25, -0.2) is 16.8 Å². The van der Waals surface area contributed by atoms with Crippen LogP contribution in [0.1, 0.15) is 20.3 Å². The Morgan fingerprint density at radius 1 is 1.04 bits per heavy atom. The molecular formula is C17H29N3O4S2. The van der Waals surface area contributed by atoms with Gasteiger partial charge in [0.1, 0.15) is 0 Å². The maximum atomic E-state index is 12.9. The SMILES string of the molecule is CC(C)CCN(CCS(=O)(=O)N1CCNCC1)S(=O)(=O)c1ccccc1. The number of rotatable bonds is 9. The van der Waals surface area contributed by atoms with E-state index in [2.05, 4.69) is 5.32 Å². The van der Waals surface area contributed by atoms with Crippen molar-refractivity contribution in [2.24, 2.45) is 5.92 Å². The molecule has 1 saturated heterocycles. The molecule has 7 nitrogen and oxygen atoms in total. The molecule has 1 aromatic carbocycles. The Morgan fingerprint density at radius 3 is 2.23 bits per heavy atom. The van der Waals surface area contributed by atoms with Crippen LogP contribution in [0.25, 0.3) is 0 Å². The van der Waals surface area contributed by atoms with Gasteiger partial charge in [0, 0.05) is 39.3 Å². The fourth-order valence-electron chi connectivity index (χ4n) is 2.76. The van der Waals surface area contributed by atoms with E-state index in [0.717, 1.165) is 0 Å². The molecule has 0 aromatic heterocycles. The highest BCUT2D eigenvalue weighted by Crippen LogP contribution is 2.17. The Balaban J connectivity index is 2.14. The number of benzene rings is 1. The fourth-order valence-corrected chi connectivity index (χ4v) is 5.81. The summed E-state index contributed by atoms with van der Waals surface area (Å²) >= 11 is 0. The first-order chi connectivity index (χ1) is 12.2. The minimum absolute atomic E-state index is 0.0315. The molecule has 1 aliphatic rings. The number of hydrogen-bond donors (Lipinski definition) is 1. The van der Waals surface area contributed by atoms with E-state index in [0.29, 0.717) is 45.1 Å². The summed E-state index contributed by atoms with van der Waals surface area (Å²) in [6.45, 7) is 6.43. The molecule has 1 aliphatic heterocycles. The second kappa shape index (κ2) is 9.27. The lowest BCUT2D eigenvalue weighted by atomic mass is 10.1. The van der Waals surface area contributed by atoms with Crippen LogP contribution in [0.2, 0.25) is 0 Å². The van der Waals surface area contributed by atoms with Crippen molar-refractivity contribution in [3.63, 3.8) is 0 Å². The van der Waals surface area contributed by atoms with E-state index < -0.39 is 20.0 Å². The van der Waals surface area contributed by atoms with Gasteiger partial charge in [-0.05, 0) is 24.5 Å². The monoisotopic (exact) mass is 403 g/mol. The molecule has 0 unspecified atom stereocenters. The summed E-state index contributed by atoms with van der Waals surface area (Å²) in [5.74, 6) is 0.130. The molecule has 1 N–H and O–H groups in total. The van der Waals surface area contributed by atoms with Gasteiger partial charge in [0.15, 0.2) is 0 Å². The first-order valence-corrected chi connectivity index (χ1v) is 12.0. The maximum absolute atomic E-state index is 12.9. The zero-order valence-corrected chi connectivity index (χ0v) is 17.1. The van der Waals surface area contributed by atoms with Gasteiger partial charge < -0.3 is 5.32 Å². The predicted molar refractivity (Wildman–Crippen MR) is 103 cm³/mol. The summed E-state index contributed by atoms with van der Waals surface area (Å²) in [5.41, 5.74) is 0. The number of nitrogens with one attached hydrogen (secondary N) is 1. The molecule has 0 spiro atoms. The van der Waals surface area contributed by atoms with Crippen molar-refractivity contribution in [2.45, 2.75) is 25.2 Å². The van der Waals surface area contributed by atoms with Gasteiger partial charge in [0.25, 0.3) is 0 Å². The van der Waals surface area contributed by atoms with Gasteiger partial charge in [-0.2, -0.15) is 8.61 Å². The smallest absolute Gasteiger partial charge is 0.243 e. The van der Waals surface area contributed by atoms with Crippen LogP contribution in [-0.2, 0) is 20.0 Å². The van der Waals surface area contributed by atoms with Crippen molar-refractivity contribution in [2.75, 3.05) is 45.0 Å². The summed E-state index contributed by atoms with van der Waals surface area (Å²) in [5, 5.41) is 3.12. The average molecular weight is 404 g/mol. The van der Waals surface area contributed by atoms with Crippen LogP contribution in [0.3, 0.4) is 0 Å². The molecular weight excluding hydrogens is 374 g/mol. The Morgan fingerprint density at radius 2 is 1.65 bits per heavy atom. The fraction of sp³-hybridized carbons (Fsp3) is 0.647. The Labute approximate surface area is 157 Å². The minimum atomic E-state index is -3.71. The molecule has 0 aliphatic carbocycles. The largest absolute Gasteiger partial charge is 0.314 e. The molecule has 2 rings (SSSR count). The second-order valence-electron chi connectivity index (χ2n) is 6.86. The summed E-state index contributed by atoms with van der Waals surface area (Å²) in [4.78, 5) is 0.198. The third kappa shape index (κ3) is 5.75. The summed E-state index contributed by atoms with van der Waals surface area (Å²) in [7, 11) is -7.18. The number of nitrogens with zero attached hydrogens (tertiary/aromatic N) is 2. The highest BCUT2D eigenvalue weighted by molar-refractivity contribution is 7.90. The maximum Gasteiger partial charge on any atom is 0.243 e. The van der Waals surface area contributed by atoms with E-state index in [4.69, 9.17) is 0 Å². The van der Waals surface area contributed by atoms with Crippen LogP contribution < -0.4 is 5.32 Å². The van der Waals surface area contributed by atoms with E-state index in [-0.39, 0.29) is 17.2 Å². The standard InChI is InChI=1S/C17H29N3O4S2/c1-16(2)8-11-20(26(23,24)17-6-4-3-5-7-17)14-15-25(21,22)19-12-9-18-10-13-19/h3-7,16,18H,8-15H2,1-2H3. The van der Waals surface area contributed by atoms with Gasteiger partial charge in [0.2, 0.25) is 20.0 Å². The van der Waals surface area contributed by atoms with E-state index in [1.807, 2.05) is 13.8 Å².